The number of ether oxygens (including phenoxy) is 2. The maximum Gasteiger partial charge on any atom is 0.252 e. The highest BCUT2D eigenvalue weighted by molar-refractivity contribution is 5.85. The van der Waals surface area contributed by atoms with E-state index in [-0.39, 0.29) is 36.6 Å². The largest absolute Gasteiger partial charge is 0.376 e. The monoisotopic (exact) mass is 360 g/mol. The van der Waals surface area contributed by atoms with Gasteiger partial charge in [0, 0.05) is 25.7 Å². The van der Waals surface area contributed by atoms with Crippen molar-refractivity contribution >= 4 is 18.3 Å². The summed E-state index contributed by atoms with van der Waals surface area (Å²) in [6.07, 6.45) is 8.56. The second-order valence-electron chi connectivity index (χ2n) is 7.60. The Labute approximate surface area is 152 Å². The average molecular weight is 361 g/mol. The van der Waals surface area contributed by atoms with E-state index >= 15 is 0 Å². The van der Waals surface area contributed by atoms with E-state index in [4.69, 9.17) is 15.2 Å². The minimum Gasteiger partial charge on any atom is -0.376 e. The van der Waals surface area contributed by atoms with Gasteiger partial charge in [0.1, 0.15) is 6.10 Å². The summed E-state index contributed by atoms with van der Waals surface area (Å²) in [7, 11) is 0. The van der Waals surface area contributed by atoms with Gasteiger partial charge in [0.15, 0.2) is 0 Å². The number of nitrogens with two attached hydrogens (primary N) is 1. The highest BCUT2D eigenvalue weighted by Crippen LogP contribution is 2.30. The first-order valence-corrected chi connectivity index (χ1v) is 9.45. The summed E-state index contributed by atoms with van der Waals surface area (Å²) in [5.41, 5.74) is 5.69. The normalized spacial score (nSPS) is 36.3. The van der Waals surface area contributed by atoms with Crippen molar-refractivity contribution in [1.29, 1.82) is 0 Å². The van der Waals surface area contributed by atoms with Crippen LogP contribution in [0.1, 0.15) is 58.3 Å². The minimum atomic E-state index is -0.288. The molecule has 5 nitrogen and oxygen atoms in total. The van der Waals surface area contributed by atoms with Crippen LogP contribution in [-0.4, -0.2) is 54.9 Å². The van der Waals surface area contributed by atoms with Gasteiger partial charge in [0.25, 0.3) is 5.91 Å². The zero-order chi connectivity index (χ0) is 16.2. The Hall–Kier alpha value is -0.360. The Morgan fingerprint density at radius 3 is 2.42 bits per heavy atom. The third-order valence-corrected chi connectivity index (χ3v) is 5.78. The van der Waals surface area contributed by atoms with Crippen molar-refractivity contribution in [3.05, 3.63) is 0 Å². The van der Waals surface area contributed by atoms with Gasteiger partial charge in [-0.05, 0) is 57.3 Å². The molecule has 2 N–H and O–H groups in total. The molecular formula is C18H33ClN2O3. The Morgan fingerprint density at radius 1 is 1.08 bits per heavy atom. The molecule has 2 heterocycles. The summed E-state index contributed by atoms with van der Waals surface area (Å²) in [5, 5.41) is 0. The van der Waals surface area contributed by atoms with E-state index in [1.54, 1.807) is 0 Å². The van der Waals surface area contributed by atoms with Crippen LogP contribution in [0.5, 0.6) is 0 Å². The molecule has 3 atom stereocenters. The third kappa shape index (κ3) is 4.84. The molecule has 6 heteroatoms. The average Bonchev–Trinajstić information content (AvgIpc) is 3.24. The summed E-state index contributed by atoms with van der Waals surface area (Å²) in [6.45, 7) is 4.40. The van der Waals surface area contributed by atoms with Gasteiger partial charge >= 0.3 is 0 Å². The fourth-order valence-corrected chi connectivity index (χ4v) is 4.23. The van der Waals surface area contributed by atoms with E-state index < -0.39 is 0 Å². The molecule has 0 radical (unpaired) electrons. The molecule has 3 aliphatic rings. The summed E-state index contributed by atoms with van der Waals surface area (Å²) in [6, 6.07) is 0.364. The molecule has 0 bridgehead atoms. The van der Waals surface area contributed by atoms with E-state index in [1.807, 2.05) is 0 Å². The minimum absolute atomic E-state index is 0. The van der Waals surface area contributed by atoms with E-state index in [0.29, 0.717) is 12.6 Å². The van der Waals surface area contributed by atoms with E-state index in [1.165, 1.54) is 12.8 Å². The number of amides is 1. The van der Waals surface area contributed by atoms with E-state index in [0.717, 1.165) is 57.6 Å². The maximum absolute atomic E-state index is 13.1. The van der Waals surface area contributed by atoms with Crippen LogP contribution in [0, 0.1) is 5.92 Å². The molecule has 0 aromatic rings. The van der Waals surface area contributed by atoms with E-state index in [9.17, 15) is 4.79 Å². The van der Waals surface area contributed by atoms with Crippen molar-refractivity contribution in [1.82, 2.24) is 4.90 Å². The fraction of sp³-hybridized carbons (Fsp3) is 0.944. The van der Waals surface area contributed by atoms with Gasteiger partial charge in [-0.3, -0.25) is 4.79 Å². The van der Waals surface area contributed by atoms with Crippen LogP contribution in [-0.2, 0) is 14.3 Å². The number of nitrogens with zero attached hydrogens (tertiary/aromatic N) is 1. The highest BCUT2D eigenvalue weighted by atomic mass is 35.5. The van der Waals surface area contributed by atoms with Crippen molar-refractivity contribution in [3.8, 4) is 0 Å². The molecule has 140 valence electrons. The van der Waals surface area contributed by atoms with Crippen LogP contribution in [0.3, 0.4) is 0 Å². The molecule has 0 aromatic carbocycles. The van der Waals surface area contributed by atoms with E-state index in [2.05, 4.69) is 11.8 Å². The summed E-state index contributed by atoms with van der Waals surface area (Å²) in [5.74, 6) is 0.964. The lowest BCUT2D eigenvalue weighted by Crippen LogP contribution is -2.50. The standard InChI is InChI=1S/C18H32N2O3.ClH/c1-13-4-6-14(7-5-13)20(12-16-3-2-10-22-16)18(21)17-9-8-15(11-19)23-17;/h13-17H,2-12,19H2,1H3;1H/t13?,14?,15-,16?,17+;/m1./s1. The van der Waals surface area contributed by atoms with Crippen molar-refractivity contribution in [2.24, 2.45) is 11.7 Å². The lowest BCUT2D eigenvalue weighted by atomic mass is 9.86. The van der Waals surface area contributed by atoms with Crippen molar-refractivity contribution in [2.75, 3.05) is 19.7 Å². The molecule has 1 saturated carbocycles. The van der Waals surface area contributed by atoms with Crippen LogP contribution >= 0.6 is 12.4 Å². The fourth-order valence-electron chi connectivity index (χ4n) is 4.23. The van der Waals surface area contributed by atoms with Crippen molar-refractivity contribution in [3.63, 3.8) is 0 Å². The van der Waals surface area contributed by atoms with Crippen LogP contribution in [0.15, 0.2) is 0 Å². The second kappa shape index (κ2) is 9.37. The van der Waals surface area contributed by atoms with Gasteiger partial charge in [-0.25, -0.2) is 0 Å². The predicted molar refractivity (Wildman–Crippen MR) is 96.3 cm³/mol. The molecule has 3 rings (SSSR count). The SMILES string of the molecule is CC1CCC(N(CC2CCCO2)C(=O)[C@@H]2CC[C@H](CN)O2)CC1.Cl. The van der Waals surface area contributed by atoms with Crippen LogP contribution < -0.4 is 5.73 Å². The number of hydrogen-bond donors (Lipinski definition) is 1. The van der Waals surface area contributed by atoms with Gasteiger partial charge in [-0.2, -0.15) is 0 Å². The first kappa shape index (κ1) is 20.0. The quantitative estimate of drug-likeness (QED) is 0.818. The van der Waals surface area contributed by atoms with Gasteiger partial charge in [-0.15, -0.1) is 12.4 Å². The second-order valence-corrected chi connectivity index (χ2v) is 7.60. The Bertz CT molecular complexity index is 396. The predicted octanol–water partition coefficient (Wildman–Crippen LogP) is 2.50. The van der Waals surface area contributed by atoms with Crippen LogP contribution in [0.2, 0.25) is 0 Å². The van der Waals surface area contributed by atoms with Gasteiger partial charge in [-0.1, -0.05) is 6.92 Å². The molecule has 1 unspecified atom stereocenters. The number of halogens is 1. The topological polar surface area (TPSA) is 64.8 Å². The molecule has 2 saturated heterocycles. The van der Waals surface area contributed by atoms with Gasteiger partial charge in [0.2, 0.25) is 0 Å². The molecule has 1 amide bonds. The lowest BCUT2D eigenvalue weighted by Gasteiger charge is -2.38. The summed E-state index contributed by atoms with van der Waals surface area (Å²) < 4.78 is 11.7. The van der Waals surface area contributed by atoms with Crippen LogP contribution in [0.25, 0.3) is 0 Å². The third-order valence-electron chi connectivity index (χ3n) is 5.78. The molecular weight excluding hydrogens is 328 g/mol. The summed E-state index contributed by atoms with van der Waals surface area (Å²) in [4.78, 5) is 15.2. The zero-order valence-electron chi connectivity index (χ0n) is 14.8. The first-order chi connectivity index (χ1) is 11.2. The van der Waals surface area contributed by atoms with Crippen LogP contribution in [0.4, 0.5) is 0 Å². The smallest absolute Gasteiger partial charge is 0.252 e. The number of rotatable bonds is 5. The summed E-state index contributed by atoms with van der Waals surface area (Å²) >= 11 is 0. The van der Waals surface area contributed by atoms with Crippen molar-refractivity contribution < 1.29 is 14.3 Å². The highest BCUT2D eigenvalue weighted by Gasteiger charge is 2.37. The maximum atomic E-state index is 13.1. The Kier molecular flexibility index (Phi) is 7.79. The number of carbonyl (C=O) groups is 1. The molecule has 0 aromatic heterocycles. The van der Waals surface area contributed by atoms with Crippen molar-refractivity contribution in [2.45, 2.75) is 82.6 Å². The zero-order valence-corrected chi connectivity index (χ0v) is 15.6. The molecule has 3 fully saturated rings. The lowest BCUT2D eigenvalue weighted by molar-refractivity contribution is -0.148. The molecule has 1 aliphatic carbocycles. The molecule has 0 spiro atoms. The van der Waals surface area contributed by atoms with Gasteiger partial charge < -0.3 is 20.1 Å². The Balaban J connectivity index is 0.00000208. The number of hydrogen-bond acceptors (Lipinski definition) is 4. The Morgan fingerprint density at radius 2 is 1.83 bits per heavy atom. The molecule has 2 aliphatic heterocycles. The molecule has 24 heavy (non-hydrogen) atoms. The van der Waals surface area contributed by atoms with Gasteiger partial charge in [0.05, 0.1) is 12.2 Å². The first-order valence-electron chi connectivity index (χ1n) is 9.45. The number of carbonyl (C=O) groups excluding carboxylic acids is 1.